The number of rotatable bonds is 14. The van der Waals surface area contributed by atoms with Crippen molar-refractivity contribution >= 4 is 82.8 Å². The van der Waals surface area contributed by atoms with Crippen molar-refractivity contribution in [2.75, 3.05) is 17.3 Å². The monoisotopic (exact) mass is 936 g/mol. The molecular formula is C50H69ClMgN6O2S2Si. The van der Waals surface area contributed by atoms with Crippen LogP contribution in [0.15, 0.2) is 101 Å². The zero-order valence-electron chi connectivity index (χ0n) is 40.2. The van der Waals surface area contributed by atoms with Gasteiger partial charge in [-0.2, -0.15) is 45.3 Å². The van der Waals surface area contributed by atoms with Crippen LogP contribution in [0.1, 0.15) is 122 Å². The summed E-state index contributed by atoms with van der Waals surface area (Å²) in [6.45, 7) is 18.7. The third kappa shape index (κ3) is 17.9. The first kappa shape index (κ1) is 55.8. The molecule has 8 nitrogen and oxygen atoms in total. The SMILES string of the molecule is CC(C)(C)S(=O)N=C(CCC1CC1)c1ccc(C#N)cc1.CC(C)(C)S(=O)NC(CCC1CC1)(c1ccc(C#N)cc1)c1cccc(N)c1.CN(c1c[c-]ccc1)[Si](C)(C)C.Cl.[H-].[Mg+2]. The number of nitrogens with zero attached hydrogens (tertiary/aromatic N) is 4. The van der Waals surface area contributed by atoms with Gasteiger partial charge in [0.05, 0.1) is 55.0 Å². The smallest absolute Gasteiger partial charge is 1.00 e. The molecular weight excluding hydrogens is 869 g/mol. The zero-order valence-corrected chi connectivity index (χ0v) is 44.0. The number of anilines is 2. The van der Waals surface area contributed by atoms with Crippen LogP contribution in [-0.4, -0.2) is 62.0 Å². The van der Waals surface area contributed by atoms with Crippen molar-refractivity contribution in [1.82, 2.24) is 4.72 Å². The van der Waals surface area contributed by atoms with Crippen LogP contribution in [-0.2, 0) is 27.5 Å². The van der Waals surface area contributed by atoms with Crippen molar-refractivity contribution in [2.24, 2.45) is 16.2 Å². The van der Waals surface area contributed by atoms with Crippen molar-refractivity contribution in [3.8, 4) is 12.1 Å². The van der Waals surface area contributed by atoms with Crippen molar-refractivity contribution in [1.29, 1.82) is 10.5 Å². The van der Waals surface area contributed by atoms with Crippen molar-refractivity contribution in [2.45, 2.75) is 128 Å². The van der Waals surface area contributed by atoms with E-state index in [4.69, 9.17) is 11.0 Å². The average molecular weight is 938 g/mol. The van der Waals surface area contributed by atoms with Gasteiger partial charge in [-0.25, -0.2) is 13.1 Å². The van der Waals surface area contributed by atoms with Crippen LogP contribution in [0.2, 0.25) is 19.6 Å². The predicted octanol–water partition coefficient (Wildman–Crippen LogP) is 11.5. The van der Waals surface area contributed by atoms with Crippen molar-refractivity contribution in [3.63, 3.8) is 0 Å². The number of nitriles is 2. The van der Waals surface area contributed by atoms with E-state index in [0.717, 1.165) is 59.9 Å². The summed E-state index contributed by atoms with van der Waals surface area (Å²) in [6, 6.07) is 38.4. The van der Waals surface area contributed by atoms with Gasteiger partial charge in [0.1, 0.15) is 19.2 Å². The molecule has 0 aromatic heterocycles. The maximum absolute atomic E-state index is 13.2. The van der Waals surface area contributed by atoms with Crippen LogP contribution in [0.3, 0.4) is 0 Å². The van der Waals surface area contributed by atoms with E-state index in [1.165, 1.54) is 31.4 Å². The first-order chi connectivity index (χ1) is 28.7. The van der Waals surface area contributed by atoms with Crippen LogP contribution in [0.4, 0.5) is 11.4 Å². The van der Waals surface area contributed by atoms with Crippen LogP contribution in [0.25, 0.3) is 0 Å². The van der Waals surface area contributed by atoms with E-state index >= 15 is 0 Å². The minimum Gasteiger partial charge on any atom is -1.00 e. The predicted molar refractivity (Wildman–Crippen MR) is 274 cm³/mol. The fourth-order valence-corrected chi connectivity index (χ4v) is 8.88. The molecule has 0 spiro atoms. The van der Waals surface area contributed by atoms with Crippen LogP contribution in [0.5, 0.6) is 0 Å². The quantitative estimate of drug-likeness (QED) is 0.0559. The molecule has 0 bridgehead atoms. The minimum absolute atomic E-state index is 0. The van der Waals surface area contributed by atoms with Gasteiger partial charge < -0.3 is 11.7 Å². The molecule has 0 aliphatic heterocycles. The van der Waals surface area contributed by atoms with Gasteiger partial charge >= 0.3 is 23.1 Å². The molecule has 2 fully saturated rings. The molecule has 3 atom stereocenters. The Labute approximate surface area is 409 Å². The molecule has 2 aliphatic carbocycles. The van der Waals surface area contributed by atoms with Gasteiger partial charge in [-0.3, -0.25) is 0 Å². The number of hydrogen-bond acceptors (Lipinski definition) is 6. The number of nitrogen functional groups attached to an aromatic ring is 1. The third-order valence-electron chi connectivity index (χ3n) is 11.0. The summed E-state index contributed by atoms with van der Waals surface area (Å²) in [5.74, 6) is 1.56. The topological polar surface area (TPSA) is 135 Å². The van der Waals surface area contributed by atoms with Gasteiger partial charge in [-0.05, 0) is 139 Å². The minimum atomic E-state index is -1.27. The average Bonchev–Trinajstić information content (AvgIpc) is 4.17. The maximum atomic E-state index is 13.2. The molecule has 63 heavy (non-hydrogen) atoms. The zero-order chi connectivity index (χ0) is 45.0. The molecule has 0 saturated heterocycles. The Balaban J connectivity index is 0.000000504. The fraction of sp³-hybridized carbons (Fsp3) is 0.460. The van der Waals surface area contributed by atoms with E-state index < -0.39 is 40.5 Å². The molecule has 0 heterocycles. The molecule has 0 radical (unpaired) electrons. The van der Waals surface area contributed by atoms with Gasteiger partial charge in [-0.15, -0.1) is 12.4 Å². The van der Waals surface area contributed by atoms with Crippen molar-refractivity contribution in [3.05, 3.63) is 131 Å². The maximum Gasteiger partial charge on any atom is 2.00 e. The van der Waals surface area contributed by atoms with E-state index in [1.54, 1.807) is 12.1 Å². The molecule has 3 N–H and O–H groups in total. The Hall–Kier alpha value is -3.34. The molecule has 4 aromatic carbocycles. The second-order valence-electron chi connectivity index (χ2n) is 19.2. The first-order valence-electron chi connectivity index (χ1n) is 21.4. The second-order valence-corrected chi connectivity index (χ2v) is 28.1. The van der Waals surface area contributed by atoms with E-state index in [9.17, 15) is 13.7 Å². The number of benzene rings is 4. The van der Waals surface area contributed by atoms with Gasteiger partial charge in [0.15, 0.2) is 0 Å². The third-order valence-corrected chi connectivity index (χ3v) is 16.3. The number of halogens is 1. The molecule has 4 aromatic rings. The molecule has 336 valence electrons. The molecule has 2 aliphatic rings. The van der Waals surface area contributed by atoms with Crippen LogP contribution < -0.4 is 15.0 Å². The summed E-state index contributed by atoms with van der Waals surface area (Å²) in [4.78, 5) is 0. The Morgan fingerprint density at radius 2 is 1.40 bits per heavy atom. The Morgan fingerprint density at radius 3 is 1.86 bits per heavy atom. The fourth-order valence-electron chi connectivity index (χ4n) is 6.34. The molecule has 6 rings (SSSR count). The Kier molecular flexibility index (Phi) is 22.0. The van der Waals surface area contributed by atoms with Gasteiger partial charge in [0, 0.05) is 5.69 Å². The Bertz CT molecular complexity index is 2210. The summed E-state index contributed by atoms with van der Waals surface area (Å²) >= 11 is 0. The van der Waals surface area contributed by atoms with Gasteiger partial charge in [0.2, 0.25) is 0 Å². The summed E-state index contributed by atoms with van der Waals surface area (Å²) in [5.41, 5.74) is 12.6. The normalized spacial score (nSPS) is 15.7. The Morgan fingerprint density at radius 1 is 0.841 bits per heavy atom. The second kappa shape index (κ2) is 24.8. The molecule has 13 heteroatoms. The van der Waals surface area contributed by atoms with E-state index in [1.807, 2.05) is 120 Å². The standard InChI is InChI=1S/C23H29N3OS.C17H22N2OS.C10H16NSi.ClH.Mg.H/c1-22(2,3)28(27)26-23(14-13-17-7-8-17,20-5-4-6-21(25)15-20)19-11-9-18(16-24)10-12-19;1-17(2,3)21(20)19-16(11-8-13-4-5-13)15-9-6-14(12-18)7-10-15;1-11(12(2,3)4)10-8-6-5-7-9-10;;;/h4-6,9-12,15,17,26H,7-8,13-14,25H2,1-3H3;6-7,9-10,13H,4-5,8,11H2,1-3H3;5-6,8-9H,1-4H3;1H;;/q;;-1;;+2;-1. The first-order valence-corrected chi connectivity index (χ1v) is 27.1. The number of nitrogens with two attached hydrogens (primary N) is 1. The van der Waals surface area contributed by atoms with Crippen LogP contribution in [0, 0.1) is 40.6 Å². The molecule has 0 amide bonds. The summed E-state index contributed by atoms with van der Waals surface area (Å²) in [7, 11) is -1.54. The number of hydrogen-bond donors (Lipinski definition) is 2. The number of nitrogens with one attached hydrogen (secondary N) is 1. The molecule has 3 unspecified atom stereocenters. The largest absolute Gasteiger partial charge is 2.00 e. The van der Waals surface area contributed by atoms with E-state index in [-0.39, 0.29) is 41.6 Å². The summed E-state index contributed by atoms with van der Waals surface area (Å²) < 4.78 is 35.1. The summed E-state index contributed by atoms with van der Waals surface area (Å²) in [5, 5.41) is 18.1. The van der Waals surface area contributed by atoms with Crippen molar-refractivity contribution < 1.29 is 9.84 Å². The molecule has 2 saturated carbocycles. The van der Waals surface area contributed by atoms with E-state index in [0.29, 0.717) is 16.8 Å². The van der Waals surface area contributed by atoms with Gasteiger partial charge in [0.25, 0.3) is 0 Å². The van der Waals surface area contributed by atoms with Gasteiger partial charge in [-0.1, -0.05) is 87.4 Å². The van der Waals surface area contributed by atoms with Crippen LogP contribution >= 0.6 is 12.4 Å². The van der Waals surface area contributed by atoms with E-state index in [2.05, 4.69) is 64.6 Å². The summed E-state index contributed by atoms with van der Waals surface area (Å²) in [6.07, 6.45) is 9.01.